The maximum atomic E-state index is 13.1. The highest BCUT2D eigenvalue weighted by Gasteiger charge is 2.47. The summed E-state index contributed by atoms with van der Waals surface area (Å²) in [6.07, 6.45) is 3.37. The zero-order valence-corrected chi connectivity index (χ0v) is 20.6. The maximum Gasteiger partial charge on any atom is 0.323 e. The van der Waals surface area contributed by atoms with E-state index in [4.69, 9.17) is 4.74 Å². The molecule has 0 aliphatic carbocycles. The summed E-state index contributed by atoms with van der Waals surface area (Å²) in [6, 6.07) is 3.55. The largest absolute Gasteiger partial charge is 0.463 e. The van der Waals surface area contributed by atoms with Gasteiger partial charge in [-0.15, -0.1) is 0 Å². The van der Waals surface area contributed by atoms with E-state index < -0.39 is 29.7 Å². The van der Waals surface area contributed by atoms with Crippen molar-refractivity contribution in [2.75, 3.05) is 26.2 Å². The Hall–Kier alpha value is -2.34. The van der Waals surface area contributed by atoms with Crippen LogP contribution in [0.2, 0.25) is 0 Å². The van der Waals surface area contributed by atoms with Crippen LogP contribution in [0.5, 0.6) is 0 Å². The summed E-state index contributed by atoms with van der Waals surface area (Å²) in [5.41, 5.74) is 0.559. The average Bonchev–Trinajstić information content (AvgIpc) is 3.07. The molecule has 1 aromatic rings. The van der Waals surface area contributed by atoms with Crippen LogP contribution in [0, 0.1) is 3.57 Å². The number of fused-ring (bicyclic) bond motifs is 1. The molecule has 2 fully saturated rings. The van der Waals surface area contributed by atoms with Crippen molar-refractivity contribution in [3.63, 3.8) is 0 Å². The van der Waals surface area contributed by atoms with Gasteiger partial charge in [-0.2, -0.15) is 0 Å². The standard InChI is InChI=1S/C23H26IN3O6/c1-14(25-10-3-2-4-11-25)23(32)33-13-12-26-18(28)9-8-17(21(26)30)27-20(29)15-6-5-7-16(24)19(15)22(27)31/h5-7,14,17H,2-4,8-13H2,1H3/t14-,17?/m0/s1. The predicted octanol–water partition coefficient (Wildman–Crippen LogP) is 1.82. The number of nitrogens with zero attached hydrogens (tertiary/aromatic N) is 3. The van der Waals surface area contributed by atoms with E-state index >= 15 is 0 Å². The molecule has 1 aromatic carbocycles. The normalized spacial score (nSPS) is 22.5. The van der Waals surface area contributed by atoms with Gasteiger partial charge in [0.2, 0.25) is 5.91 Å². The predicted molar refractivity (Wildman–Crippen MR) is 125 cm³/mol. The Labute approximate surface area is 205 Å². The molecule has 4 rings (SSSR count). The molecule has 9 nitrogen and oxygen atoms in total. The highest BCUT2D eigenvalue weighted by atomic mass is 127. The zero-order valence-electron chi connectivity index (χ0n) is 18.4. The Bertz CT molecular complexity index is 1010. The molecule has 3 heterocycles. The first kappa shape index (κ1) is 23.8. The second-order valence-corrected chi connectivity index (χ2v) is 9.68. The lowest BCUT2D eigenvalue weighted by Gasteiger charge is -2.34. The van der Waals surface area contributed by atoms with Crippen molar-refractivity contribution >= 4 is 52.2 Å². The van der Waals surface area contributed by atoms with E-state index in [1.165, 1.54) is 0 Å². The Balaban J connectivity index is 1.39. The third-order valence-electron chi connectivity index (χ3n) is 6.53. The van der Waals surface area contributed by atoms with E-state index in [9.17, 15) is 24.0 Å². The number of imide groups is 2. The van der Waals surface area contributed by atoms with Crippen LogP contribution in [0.1, 0.15) is 59.7 Å². The Morgan fingerprint density at radius 1 is 1.12 bits per heavy atom. The third-order valence-corrected chi connectivity index (χ3v) is 7.43. The molecular weight excluding hydrogens is 541 g/mol. The van der Waals surface area contributed by atoms with Crippen LogP contribution >= 0.6 is 22.6 Å². The van der Waals surface area contributed by atoms with Crippen molar-refractivity contribution in [3.8, 4) is 0 Å². The Kier molecular flexibility index (Phi) is 7.13. The smallest absolute Gasteiger partial charge is 0.323 e. The van der Waals surface area contributed by atoms with Gasteiger partial charge in [-0.1, -0.05) is 12.5 Å². The molecule has 1 unspecified atom stereocenters. The second-order valence-electron chi connectivity index (χ2n) is 8.52. The maximum absolute atomic E-state index is 13.1. The van der Waals surface area contributed by atoms with Crippen LogP contribution in [0.3, 0.4) is 0 Å². The molecule has 0 saturated carbocycles. The minimum absolute atomic E-state index is 0.0268. The fourth-order valence-electron chi connectivity index (χ4n) is 4.65. The molecule has 3 aliphatic rings. The van der Waals surface area contributed by atoms with Crippen LogP contribution < -0.4 is 0 Å². The van der Waals surface area contributed by atoms with Gasteiger partial charge in [-0.05, 0) is 74.0 Å². The third kappa shape index (κ3) is 4.54. The minimum atomic E-state index is -1.05. The van der Waals surface area contributed by atoms with Crippen molar-refractivity contribution in [1.29, 1.82) is 0 Å². The second kappa shape index (κ2) is 9.88. The number of likely N-dealkylation sites (tertiary alicyclic amines) is 2. The molecular formula is C23H26IN3O6. The van der Waals surface area contributed by atoms with Crippen LogP contribution in [0.4, 0.5) is 0 Å². The summed E-state index contributed by atoms with van der Waals surface area (Å²) in [6.45, 7) is 3.26. The number of carbonyl (C=O) groups is 5. The highest BCUT2D eigenvalue weighted by molar-refractivity contribution is 14.1. The van der Waals surface area contributed by atoms with Gasteiger partial charge < -0.3 is 4.74 Å². The van der Waals surface area contributed by atoms with Gasteiger partial charge >= 0.3 is 5.97 Å². The summed E-state index contributed by atoms with van der Waals surface area (Å²) >= 11 is 1.99. The van der Waals surface area contributed by atoms with E-state index in [-0.39, 0.29) is 43.6 Å². The molecule has 2 atom stereocenters. The molecule has 4 amide bonds. The number of rotatable bonds is 6. The van der Waals surface area contributed by atoms with Gasteiger partial charge in [0, 0.05) is 9.99 Å². The van der Waals surface area contributed by atoms with Gasteiger partial charge in [0.15, 0.2) is 0 Å². The number of carbonyl (C=O) groups excluding carboxylic acids is 5. The summed E-state index contributed by atoms with van der Waals surface area (Å²) in [7, 11) is 0. The lowest BCUT2D eigenvalue weighted by atomic mass is 10.0. The molecule has 0 radical (unpaired) electrons. The summed E-state index contributed by atoms with van der Waals surface area (Å²) < 4.78 is 5.99. The van der Waals surface area contributed by atoms with Gasteiger partial charge in [0.1, 0.15) is 18.7 Å². The number of esters is 1. The molecule has 0 N–H and O–H groups in total. The van der Waals surface area contributed by atoms with Crippen LogP contribution in [0.25, 0.3) is 0 Å². The number of benzene rings is 1. The molecule has 10 heteroatoms. The van der Waals surface area contributed by atoms with Gasteiger partial charge in [0.25, 0.3) is 17.7 Å². The van der Waals surface area contributed by atoms with Gasteiger partial charge in [-0.3, -0.25) is 38.7 Å². The fourth-order valence-corrected chi connectivity index (χ4v) is 5.38. The molecule has 0 bridgehead atoms. The molecule has 3 aliphatic heterocycles. The molecule has 2 saturated heterocycles. The quantitative estimate of drug-likeness (QED) is 0.294. The van der Waals surface area contributed by atoms with Gasteiger partial charge in [-0.25, -0.2) is 0 Å². The number of ether oxygens (including phenoxy) is 1. The van der Waals surface area contributed by atoms with Crippen LogP contribution in [-0.2, 0) is 19.1 Å². The van der Waals surface area contributed by atoms with Crippen LogP contribution in [0.15, 0.2) is 18.2 Å². The number of amides is 4. The van der Waals surface area contributed by atoms with Crippen molar-refractivity contribution in [3.05, 3.63) is 32.9 Å². The topological polar surface area (TPSA) is 104 Å². The summed E-state index contributed by atoms with van der Waals surface area (Å²) in [4.78, 5) is 67.9. The first-order chi connectivity index (χ1) is 15.8. The molecule has 0 aromatic heterocycles. The average molecular weight is 567 g/mol. The summed E-state index contributed by atoms with van der Waals surface area (Å²) in [5, 5.41) is 0. The highest BCUT2D eigenvalue weighted by Crippen LogP contribution is 2.31. The SMILES string of the molecule is C[C@@H](C(=O)OCCN1C(=O)CCC(N2C(=O)c3cccc(I)c3C2=O)C1=O)N1CCCCC1. The minimum Gasteiger partial charge on any atom is -0.463 e. The van der Waals surface area contributed by atoms with E-state index in [1.54, 1.807) is 25.1 Å². The zero-order chi connectivity index (χ0) is 23.7. The van der Waals surface area contributed by atoms with Crippen molar-refractivity contribution in [2.45, 2.75) is 51.1 Å². The fraction of sp³-hybridized carbons (Fsp3) is 0.522. The Morgan fingerprint density at radius 3 is 2.55 bits per heavy atom. The van der Waals surface area contributed by atoms with Crippen molar-refractivity contribution in [1.82, 2.24) is 14.7 Å². The number of piperidine rings is 2. The first-order valence-electron chi connectivity index (χ1n) is 11.2. The number of halogens is 1. The van der Waals surface area contributed by atoms with Gasteiger partial charge in [0.05, 0.1) is 17.7 Å². The molecule has 0 spiro atoms. The monoisotopic (exact) mass is 567 g/mol. The molecule has 33 heavy (non-hydrogen) atoms. The van der Waals surface area contributed by atoms with Crippen molar-refractivity contribution < 1.29 is 28.7 Å². The van der Waals surface area contributed by atoms with Crippen molar-refractivity contribution in [2.24, 2.45) is 0 Å². The lowest BCUT2D eigenvalue weighted by Crippen LogP contribution is -2.56. The number of hydrogen-bond donors (Lipinski definition) is 0. The summed E-state index contributed by atoms with van der Waals surface area (Å²) in [5.74, 6) is -2.45. The Morgan fingerprint density at radius 2 is 1.85 bits per heavy atom. The van der Waals surface area contributed by atoms with E-state index in [2.05, 4.69) is 4.90 Å². The van der Waals surface area contributed by atoms with E-state index in [1.807, 2.05) is 22.6 Å². The van der Waals surface area contributed by atoms with E-state index in [0.717, 1.165) is 42.2 Å². The number of hydrogen-bond acceptors (Lipinski definition) is 7. The lowest BCUT2D eigenvalue weighted by molar-refractivity contribution is -0.157. The molecule has 176 valence electrons. The van der Waals surface area contributed by atoms with Crippen LogP contribution in [-0.4, -0.2) is 82.6 Å². The first-order valence-corrected chi connectivity index (χ1v) is 12.3. The van der Waals surface area contributed by atoms with E-state index in [0.29, 0.717) is 9.13 Å².